The molecule has 2 rings (SSSR count). The molecule has 0 aliphatic carbocycles. The summed E-state index contributed by atoms with van der Waals surface area (Å²) < 4.78 is 51.5. The van der Waals surface area contributed by atoms with Gasteiger partial charge in [0.05, 0.1) is 4.90 Å². The minimum absolute atomic E-state index is 0.168. The zero-order chi connectivity index (χ0) is 16.3. The van der Waals surface area contributed by atoms with Crippen molar-refractivity contribution in [3.63, 3.8) is 0 Å². The van der Waals surface area contributed by atoms with Crippen LogP contribution in [-0.2, 0) is 10.0 Å². The van der Waals surface area contributed by atoms with Crippen LogP contribution in [0, 0.1) is 13.8 Å². The van der Waals surface area contributed by atoms with Crippen molar-refractivity contribution in [2.45, 2.75) is 29.4 Å². The fraction of sp³-hybridized carbons (Fsp3) is 0.200. The van der Waals surface area contributed by atoms with Crippen LogP contribution in [0.25, 0.3) is 0 Å². The van der Waals surface area contributed by atoms with E-state index in [1.54, 1.807) is 12.1 Å². The lowest BCUT2D eigenvalue weighted by atomic mass is 10.1. The summed E-state index contributed by atoms with van der Waals surface area (Å²) in [5.74, 6) is -2.50. The molecule has 0 bridgehead atoms. The number of aryl methyl sites for hydroxylation is 2. The number of alkyl halides is 2. The van der Waals surface area contributed by atoms with Gasteiger partial charge in [-0.3, -0.25) is 4.72 Å². The third kappa shape index (κ3) is 4.20. The molecular formula is C15H15F2NO2S2. The quantitative estimate of drug-likeness (QED) is 0.818. The van der Waals surface area contributed by atoms with E-state index in [0.717, 1.165) is 11.1 Å². The lowest BCUT2D eigenvalue weighted by Gasteiger charge is -2.10. The summed E-state index contributed by atoms with van der Waals surface area (Å²) in [6.07, 6.45) is 0. The summed E-state index contributed by atoms with van der Waals surface area (Å²) >= 11 is 0.414. The van der Waals surface area contributed by atoms with E-state index < -0.39 is 15.8 Å². The van der Waals surface area contributed by atoms with E-state index >= 15 is 0 Å². The van der Waals surface area contributed by atoms with Gasteiger partial charge in [-0.05, 0) is 61.4 Å². The first kappa shape index (κ1) is 16.8. The zero-order valence-corrected chi connectivity index (χ0v) is 13.6. The van der Waals surface area contributed by atoms with Gasteiger partial charge in [-0.2, -0.15) is 8.78 Å². The van der Waals surface area contributed by atoms with E-state index in [1.165, 1.54) is 30.3 Å². The maximum atomic E-state index is 12.3. The normalized spacial score (nSPS) is 11.7. The molecule has 0 heterocycles. The molecule has 0 aliphatic rings. The minimum Gasteiger partial charge on any atom is -0.280 e. The Morgan fingerprint density at radius 1 is 1.00 bits per heavy atom. The van der Waals surface area contributed by atoms with Crippen molar-refractivity contribution in [1.29, 1.82) is 0 Å². The predicted molar refractivity (Wildman–Crippen MR) is 85.0 cm³/mol. The molecule has 3 nitrogen and oxygen atoms in total. The SMILES string of the molecule is Cc1ccc(S(=O)(=O)Nc2ccc(SC(F)F)cc2)cc1C. The van der Waals surface area contributed by atoms with Crippen molar-refractivity contribution >= 4 is 27.5 Å². The molecule has 0 saturated heterocycles. The number of hydrogen-bond donors (Lipinski definition) is 1. The Balaban J connectivity index is 2.19. The van der Waals surface area contributed by atoms with Crippen LogP contribution < -0.4 is 4.72 Å². The number of sulfonamides is 1. The van der Waals surface area contributed by atoms with Gasteiger partial charge < -0.3 is 0 Å². The fourth-order valence-corrected chi connectivity index (χ4v) is 3.44. The molecule has 0 radical (unpaired) electrons. The summed E-state index contributed by atoms with van der Waals surface area (Å²) in [6, 6.07) is 10.7. The topological polar surface area (TPSA) is 46.2 Å². The highest BCUT2D eigenvalue weighted by molar-refractivity contribution is 7.99. The van der Waals surface area contributed by atoms with Crippen molar-refractivity contribution in [2.24, 2.45) is 0 Å². The minimum atomic E-state index is -3.69. The summed E-state index contributed by atoms with van der Waals surface area (Å²) in [7, 11) is -3.69. The van der Waals surface area contributed by atoms with Crippen molar-refractivity contribution in [2.75, 3.05) is 4.72 Å². The second-order valence-corrected chi connectivity index (χ2v) is 7.50. The van der Waals surface area contributed by atoms with Crippen molar-refractivity contribution in [1.82, 2.24) is 0 Å². The lowest BCUT2D eigenvalue weighted by Crippen LogP contribution is -2.13. The van der Waals surface area contributed by atoms with Crippen molar-refractivity contribution in [3.8, 4) is 0 Å². The maximum Gasteiger partial charge on any atom is 0.288 e. The first-order valence-corrected chi connectivity index (χ1v) is 8.79. The summed E-state index contributed by atoms with van der Waals surface area (Å²) in [5, 5.41) is 0. The van der Waals surface area contributed by atoms with Gasteiger partial charge >= 0.3 is 0 Å². The Hall–Kier alpha value is -1.60. The van der Waals surface area contributed by atoms with Gasteiger partial charge in [0.2, 0.25) is 0 Å². The number of nitrogens with one attached hydrogen (secondary N) is 1. The molecular weight excluding hydrogens is 328 g/mol. The number of anilines is 1. The zero-order valence-electron chi connectivity index (χ0n) is 12.0. The van der Waals surface area contributed by atoms with Crippen LogP contribution in [0.15, 0.2) is 52.3 Å². The van der Waals surface area contributed by atoms with Crippen LogP contribution in [0.1, 0.15) is 11.1 Å². The van der Waals surface area contributed by atoms with Gasteiger partial charge in [0.25, 0.3) is 15.8 Å². The van der Waals surface area contributed by atoms with E-state index in [9.17, 15) is 17.2 Å². The van der Waals surface area contributed by atoms with E-state index in [-0.39, 0.29) is 4.90 Å². The van der Waals surface area contributed by atoms with Gasteiger partial charge in [-0.15, -0.1) is 0 Å². The number of halogens is 2. The number of rotatable bonds is 5. The molecule has 2 aromatic carbocycles. The van der Waals surface area contributed by atoms with E-state index in [0.29, 0.717) is 22.3 Å². The van der Waals surface area contributed by atoms with Crippen molar-refractivity contribution in [3.05, 3.63) is 53.6 Å². The Kier molecular flexibility index (Phi) is 5.08. The molecule has 0 aromatic heterocycles. The van der Waals surface area contributed by atoms with Crippen LogP contribution in [0.4, 0.5) is 14.5 Å². The van der Waals surface area contributed by atoms with Crippen LogP contribution in [0.3, 0.4) is 0 Å². The predicted octanol–water partition coefficient (Wildman–Crippen LogP) is 4.42. The highest BCUT2D eigenvalue weighted by Gasteiger charge is 2.15. The standard InChI is InChI=1S/C15H15F2NO2S2/c1-10-3-8-14(9-11(10)2)22(19,20)18-12-4-6-13(7-5-12)21-15(16)17/h3-9,15,18H,1-2H3. The third-order valence-corrected chi connectivity index (χ3v) is 5.22. The fourth-order valence-electron chi connectivity index (χ4n) is 1.80. The Labute approximate surface area is 132 Å². The summed E-state index contributed by atoms with van der Waals surface area (Å²) in [4.78, 5) is 0.547. The Bertz CT molecular complexity index is 760. The van der Waals surface area contributed by atoms with E-state index in [4.69, 9.17) is 0 Å². The highest BCUT2D eigenvalue weighted by Crippen LogP contribution is 2.27. The molecule has 118 valence electrons. The summed E-state index contributed by atoms with van der Waals surface area (Å²) in [5.41, 5.74) is 2.22. The molecule has 22 heavy (non-hydrogen) atoms. The Morgan fingerprint density at radius 2 is 1.64 bits per heavy atom. The van der Waals surface area contributed by atoms with E-state index in [2.05, 4.69) is 4.72 Å². The van der Waals surface area contributed by atoms with E-state index in [1.807, 2.05) is 13.8 Å². The van der Waals surface area contributed by atoms with Crippen molar-refractivity contribution < 1.29 is 17.2 Å². The van der Waals surface area contributed by atoms with Gasteiger partial charge in [-0.25, -0.2) is 8.42 Å². The molecule has 0 unspecified atom stereocenters. The summed E-state index contributed by atoms with van der Waals surface area (Å²) in [6.45, 7) is 3.74. The second kappa shape index (κ2) is 6.66. The van der Waals surface area contributed by atoms with Gasteiger partial charge in [0.15, 0.2) is 0 Å². The molecule has 0 spiro atoms. The number of benzene rings is 2. The average molecular weight is 343 g/mol. The van der Waals surface area contributed by atoms with Crippen LogP contribution in [-0.4, -0.2) is 14.2 Å². The van der Waals surface area contributed by atoms with Gasteiger partial charge in [0, 0.05) is 10.6 Å². The largest absolute Gasteiger partial charge is 0.288 e. The molecule has 0 saturated carbocycles. The Morgan fingerprint density at radius 3 is 2.18 bits per heavy atom. The van der Waals surface area contributed by atoms with Gasteiger partial charge in [0.1, 0.15) is 0 Å². The first-order valence-electron chi connectivity index (χ1n) is 6.43. The van der Waals surface area contributed by atoms with Crippen LogP contribution in [0.2, 0.25) is 0 Å². The number of thioether (sulfide) groups is 1. The lowest BCUT2D eigenvalue weighted by molar-refractivity contribution is 0.252. The smallest absolute Gasteiger partial charge is 0.280 e. The highest BCUT2D eigenvalue weighted by atomic mass is 32.2. The molecule has 1 N–H and O–H groups in total. The molecule has 0 fully saturated rings. The van der Waals surface area contributed by atoms with Crippen LogP contribution in [0.5, 0.6) is 0 Å². The maximum absolute atomic E-state index is 12.3. The van der Waals surface area contributed by atoms with Crippen LogP contribution >= 0.6 is 11.8 Å². The first-order chi connectivity index (χ1) is 10.3. The molecule has 0 atom stereocenters. The average Bonchev–Trinajstić information content (AvgIpc) is 2.43. The number of hydrogen-bond acceptors (Lipinski definition) is 3. The third-order valence-electron chi connectivity index (χ3n) is 3.12. The monoisotopic (exact) mass is 343 g/mol. The molecule has 0 amide bonds. The second-order valence-electron chi connectivity index (χ2n) is 4.75. The molecule has 0 aliphatic heterocycles. The molecule has 7 heteroatoms. The van der Waals surface area contributed by atoms with Gasteiger partial charge in [-0.1, -0.05) is 17.8 Å². The molecule has 2 aromatic rings.